The lowest BCUT2D eigenvalue weighted by molar-refractivity contribution is -0.137. The lowest BCUT2D eigenvalue weighted by Gasteiger charge is -2.26. The predicted octanol–water partition coefficient (Wildman–Crippen LogP) is 5.39. The molecule has 1 N–H and O–H groups in total. The minimum atomic E-state index is -4.46. The van der Waals surface area contributed by atoms with Crippen LogP contribution in [0.15, 0.2) is 36.4 Å². The maximum Gasteiger partial charge on any atom is 0.417 e. The zero-order valence-corrected chi connectivity index (χ0v) is 15.6. The number of aromatic nitrogens is 2. The van der Waals surface area contributed by atoms with E-state index in [0.717, 1.165) is 36.7 Å². The average Bonchev–Trinajstić information content (AvgIpc) is 3.09. The number of fused-ring (bicyclic) bond motifs is 1. The number of rotatable bonds is 2. The molecule has 2 aromatic heterocycles. The Morgan fingerprint density at radius 1 is 1.04 bits per heavy atom. The summed E-state index contributed by atoms with van der Waals surface area (Å²) in [4.78, 5) is 23.2. The van der Waals surface area contributed by atoms with E-state index in [0.29, 0.717) is 28.6 Å². The Bertz CT molecular complexity index is 1010. The van der Waals surface area contributed by atoms with Gasteiger partial charge in [0.1, 0.15) is 10.3 Å². The summed E-state index contributed by atoms with van der Waals surface area (Å²) in [7, 11) is 0. The van der Waals surface area contributed by atoms with E-state index in [1.165, 1.54) is 18.2 Å². The van der Waals surface area contributed by atoms with Gasteiger partial charge in [-0.15, -0.1) is 0 Å². The lowest BCUT2D eigenvalue weighted by Crippen LogP contribution is -2.38. The second kappa shape index (κ2) is 7.38. The van der Waals surface area contributed by atoms with Crippen LogP contribution in [0.1, 0.15) is 24.8 Å². The van der Waals surface area contributed by atoms with Crippen molar-refractivity contribution < 1.29 is 18.0 Å². The largest absolute Gasteiger partial charge is 0.417 e. The van der Waals surface area contributed by atoms with E-state index in [-0.39, 0.29) is 17.3 Å². The molecule has 0 radical (unpaired) electrons. The number of amides is 2. The smallest absolute Gasteiger partial charge is 0.324 e. The van der Waals surface area contributed by atoms with E-state index in [1.54, 1.807) is 17.0 Å². The fourth-order valence-corrected chi connectivity index (χ4v) is 4.07. The minimum absolute atomic E-state index is 0.0178. The zero-order chi connectivity index (χ0) is 19.7. The molecule has 1 saturated heterocycles. The third kappa shape index (κ3) is 3.80. The summed E-state index contributed by atoms with van der Waals surface area (Å²) in [5, 5.41) is 3.16. The minimum Gasteiger partial charge on any atom is -0.324 e. The molecule has 28 heavy (non-hydrogen) atoms. The van der Waals surface area contributed by atoms with Gasteiger partial charge in [0.25, 0.3) is 0 Å². The molecular formula is C19H17F3N4OS. The van der Waals surface area contributed by atoms with Crippen LogP contribution in [0.2, 0.25) is 0 Å². The standard InChI is InChI=1S/C19H17F3N4OS/c20-19(21,22)13-7-3-2-6-12(13)14-8-9-15-16(23-14)28-17(24-15)25-18(27)26-10-4-1-5-11-26/h2-3,6-9H,1,4-5,10-11H2,(H,24,25,27). The third-order valence-electron chi connectivity index (χ3n) is 4.62. The van der Waals surface area contributed by atoms with Crippen molar-refractivity contribution in [3.05, 3.63) is 42.0 Å². The molecule has 1 aliphatic rings. The van der Waals surface area contributed by atoms with Gasteiger partial charge in [-0.1, -0.05) is 29.5 Å². The van der Waals surface area contributed by atoms with Gasteiger partial charge in [-0.05, 0) is 37.5 Å². The Kier molecular flexibility index (Phi) is 4.92. The highest BCUT2D eigenvalue weighted by Crippen LogP contribution is 2.37. The van der Waals surface area contributed by atoms with Crippen molar-refractivity contribution in [1.82, 2.24) is 14.9 Å². The lowest BCUT2D eigenvalue weighted by atomic mass is 10.0. The van der Waals surface area contributed by atoms with E-state index in [1.807, 2.05) is 0 Å². The number of thiazole rings is 1. The van der Waals surface area contributed by atoms with Crippen LogP contribution in [-0.2, 0) is 6.18 Å². The number of nitrogens with zero attached hydrogens (tertiary/aromatic N) is 3. The number of urea groups is 1. The molecule has 3 aromatic rings. The van der Waals surface area contributed by atoms with Crippen LogP contribution in [0, 0.1) is 0 Å². The Morgan fingerprint density at radius 3 is 2.54 bits per heavy atom. The fourth-order valence-electron chi connectivity index (χ4n) is 3.24. The van der Waals surface area contributed by atoms with E-state index < -0.39 is 11.7 Å². The number of likely N-dealkylation sites (tertiary alicyclic amines) is 1. The van der Waals surface area contributed by atoms with Gasteiger partial charge in [0.2, 0.25) is 0 Å². The highest BCUT2D eigenvalue weighted by Gasteiger charge is 2.33. The molecule has 0 saturated carbocycles. The highest BCUT2D eigenvalue weighted by atomic mass is 32.1. The van der Waals surface area contributed by atoms with Crippen LogP contribution >= 0.6 is 11.3 Å². The fraction of sp³-hybridized carbons (Fsp3) is 0.316. The molecule has 2 amide bonds. The Morgan fingerprint density at radius 2 is 1.79 bits per heavy atom. The van der Waals surface area contributed by atoms with Crippen LogP contribution in [0.25, 0.3) is 21.6 Å². The van der Waals surface area contributed by atoms with Crippen LogP contribution in [0.4, 0.5) is 23.1 Å². The van der Waals surface area contributed by atoms with E-state index >= 15 is 0 Å². The van der Waals surface area contributed by atoms with E-state index in [4.69, 9.17) is 0 Å². The van der Waals surface area contributed by atoms with Crippen LogP contribution in [0.5, 0.6) is 0 Å². The third-order valence-corrected chi connectivity index (χ3v) is 5.50. The first-order valence-corrected chi connectivity index (χ1v) is 9.73. The molecule has 0 atom stereocenters. The van der Waals surface area contributed by atoms with Gasteiger partial charge in [-0.25, -0.2) is 14.8 Å². The molecule has 1 aromatic carbocycles. The average molecular weight is 406 g/mol. The first-order chi connectivity index (χ1) is 13.4. The second-order valence-corrected chi connectivity index (χ2v) is 7.54. The molecule has 9 heteroatoms. The Hall–Kier alpha value is -2.68. The molecule has 5 nitrogen and oxygen atoms in total. The number of anilines is 1. The maximum absolute atomic E-state index is 13.3. The molecular weight excluding hydrogens is 389 g/mol. The van der Waals surface area contributed by atoms with Gasteiger partial charge >= 0.3 is 12.2 Å². The molecule has 0 aliphatic carbocycles. The molecule has 0 bridgehead atoms. The second-order valence-electron chi connectivity index (χ2n) is 6.56. The van der Waals surface area contributed by atoms with Gasteiger partial charge in [0, 0.05) is 18.7 Å². The quantitative estimate of drug-likeness (QED) is 0.620. The summed E-state index contributed by atoms with van der Waals surface area (Å²) < 4.78 is 39.8. The topological polar surface area (TPSA) is 58.1 Å². The SMILES string of the molecule is O=C(Nc1nc2ccc(-c3ccccc3C(F)(F)F)nc2s1)N1CCCCC1. The Labute approximate surface area is 163 Å². The summed E-state index contributed by atoms with van der Waals surface area (Å²) in [5.74, 6) is 0. The number of hydrogen-bond donors (Lipinski definition) is 1. The Balaban J connectivity index is 1.62. The number of pyridine rings is 1. The number of piperidine rings is 1. The van der Waals surface area contributed by atoms with Crippen molar-refractivity contribution in [2.45, 2.75) is 25.4 Å². The molecule has 1 fully saturated rings. The molecule has 0 spiro atoms. The van der Waals surface area contributed by atoms with Gasteiger partial charge in [0.15, 0.2) is 5.13 Å². The van der Waals surface area contributed by atoms with Gasteiger partial charge in [-0.2, -0.15) is 13.2 Å². The molecule has 3 heterocycles. The number of carbonyl (C=O) groups excluding carboxylic acids is 1. The van der Waals surface area contributed by atoms with E-state index in [9.17, 15) is 18.0 Å². The predicted molar refractivity (Wildman–Crippen MR) is 102 cm³/mol. The van der Waals surface area contributed by atoms with Crippen molar-refractivity contribution in [1.29, 1.82) is 0 Å². The summed E-state index contributed by atoms with van der Waals surface area (Å²) in [6.07, 6.45) is -1.38. The van der Waals surface area contributed by atoms with Crippen molar-refractivity contribution in [2.24, 2.45) is 0 Å². The summed E-state index contributed by atoms with van der Waals surface area (Å²) >= 11 is 1.15. The molecule has 146 valence electrons. The highest BCUT2D eigenvalue weighted by molar-refractivity contribution is 7.21. The number of carbonyl (C=O) groups is 1. The maximum atomic E-state index is 13.3. The first kappa shape index (κ1) is 18.7. The number of nitrogens with one attached hydrogen (secondary N) is 1. The summed E-state index contributed by atoms with van der Waals surface area (Å²) in [6, 6.07) is 8.27. The van der Waals surface area contributed by atoms with Crippen LogP contribution in [-0.4, -0.2) is 34.0 Å². The van der Waals surface area contributed by atoms with E-state index in [2.05, 4.69) is 15.3 Å². The number of benzene rings is 1. The van der Waals surface area contributed by atoms with Crippen molar-refractivity contribution >= 4 is 32.8 Å². The van der Waals surface area contributed by atoms with Crippen LogP contribution in [0.3, 0.4) is 0 Å². The summed E-state index contributed by atoms with van der Waals surface area (Å²) in [5.41, 5.74) is 0.0411. The van der Waals surface area contributed by atoms with Crippen molar-refractivity contribution in [2.75, 3.05) is 18.4 Å². The van der Waals surface area contributed by atoms with Crippen molar-refractivity contribution in [3.63, 3.8) is 0 Å². The summed E-state index contributed by atoms with van der Waals surface area (Å²) in [6.45, 7) is 1.43. The van der Waals surface area contributed by atoms with Gasteiger partial charge in [0.05, 0.1) is 11.3 Å². The van der Waals surface area contributed by atoms with Gasteiger partial charge in [-0.3, -0.25) is 5.32 Å². The van der Waals surface area contributed by atoms with Crippen molar-refractivity contribution in [3.8, 4) is 11.3 Å². The molecule has 1 aliphatic heterocycles. The van der Waals surface area contributed by atoms with Crippen LogP contribution < -0.4 is 5.32 Å². The molecule has 0 unspecified atom stereocenters. The van der Waals surface area contributed by atoms with Gasteiger partial charge < -0.3 is 4.90 Å². The zero-order valence-electron chi connectivity index (χ0n) is 14.8. The number of hydrogen-bond acceptors (Lipinski definition) is 4. The normalized spacial score (nSPS) is 15.0. The number of alkyl halides is 3. The molecule has 4 rings (SSSR count). The number of halogens is 3. The monoisotopic (exact) mass is 406 g/mol. The first-order valence-electron chi connectivity index (χ1n) is 8.92.